The fraction of sp³-hybridized carbons (Fsp3) is 0.438. The summed E-state index contributed by atoms with van der Waals surface area (Å²) in [4.78, 5) is 2.30. The Morgan fingerprint density at radius 2 is 1.58 bits per heavy atom. The monoisotopic (exact) mass is 490 g/mol. The molecular weight excluding hydrogens is 447 g/mol. The molecular formula is C32H43FN2O. The zero-order valence-corrected chi connectivity index (χ0v) is 22.4. The Kier molecular flexibility index (Phi) is 10.8. The van der Waals surface area contributed by atoms with E-state index < -0.39 is 0 Å². The molecule has 1 saturated heterocycles. The molecule has 0 amide bonds. The van der Waals surface area contributed by atoms with E-state index in [4.69, 9.17) is 0 Å². The van der Waals surface area contributed by atoms with Crippen LogP contribution in [0.2, 0.25) is 0 Å². The van der Waals surface area contributed by atoms with Crippen molar-refractivity contribution >= 4 is 5.69 Å². The molecule has 1 aliphatic heterocycles. The van der Waals surface area contributed by atoms with Gasteiger partial charge in [-0.15, -0.1) is 0 Å². The number of fused-ring (bicyclic) bond motifs is 1. The van der Waals surface area contributed by atoms with Gasteiger partial charge in [0.2, 0.25) is 0 Å². The van der Waals surface area contributed by atoms with Crippen molar-refractivity contribution in [2.75, 3.05) is 31.6 Å². The second kappa shape index (κ2) is 14.0. The molecule has 36 heavy (non-hydrogen) atoms. The smallest absolute Gasteiger partial charge is 0.115 e. The van der Waals surface area contributed by atoms with E-state index in [0.29, 0.717) is 24.1 Å². The van der Waals surface area contributed by atoms with E-state index in [1.54, 1.807) is 0 Å². The van der Waals surface area contributed by atoms with Gasteiger partial charge in [0.05, 0.1) is 12.7 Å². The lowest BCUT2D eigenvalue weighted by atomic mass is 9.69. The maximum absolute atomic E-state index is 12.3. The van der Waals surface area contributed by atoms with E-state index in [2.05, 4.69) is 70.9 Å². The lowest BCUT2D eigenvalue weighted by Gasteiger charge is -2.40. The van der Waals surface area contributed by atoms with Gasteiger partial charge in [-0.3, -0.25) is 9.29 Å². The van der Waals surface area contributed by atoms with Gasteiger partial charge in [-0.1, -0.05) is 76.2 Å². The summed E-state index contributed by atoms with van der Waals surface area (Å²) in [6, 6.07) is 26.0. The highest BCUT2D eigenvalue weighted by Gasteiger charge is 2.32. The third kappa shape index (κ3) is 6.67. The SMILES string of the molecule is CC.CC.Oc1ccc2c(c1)CC[C@@H](c1ccccc1)[C@H]2c1ccc(NC2CN(CCCF)C2)cc1. The topological polar surface area (TPSA) is 35.5 Å². The van der Waals surface area contributed by atoms with E-state index in [1.807, 2.05) is 39.8 Å². The van der Waals surface area contributed by atoms with Crippen molar-refractivity contribution < 1.29 is 9.50 Å². The van der Waals surface area contributed by atoms with E-state index in [9.17, 15) is 9.50 Å². The van der Waals surface area contributed by atoms with E-state index >= 15 is 0 Å². The number of benzene rings is 3. The number of phenolic OH excluding ortho intramolecular Hbond substituents is 1. The minimum absolute atomic E-state index is 0.232. The third-order valence-corrected chi connectivity index (χ3v) is 7.02. The molecule has 5 rings (SSSR count). The first kappa shape index (κ1) is 27.7. The summed E-state index contributed by atoms with van der Waals surface area (Å²) < 4.78 is 12.3. The van der Waals surface area contributed by atoms with Gasteiger partial charge >= 0.3 is 0 Å². The Balaban J connectivity index is 0.000000861. The van der Waals surface area contributed by atoms with Crippen molar-refractivity contribution in [3.8, 4) is 5.75 Å². The fourth-order valence-electron chi connectivity index (χ4n) is 5.43. The number of rotatable bonds is 7. The van der Waals surface area contributed by atoms with E-state index in [1.165, 1.54) is 22.3 Å². The molecule has 1 heterocycles. The fourth-order valence-corrected chi connectivity index (χ4v) is 5.43. The van der Waals surface area contributed by atoms with Gasteiger partial charge in [0, 0.05) is 31.2 Å². The summed E-state index contributed by atoms with van der Waals surface area (Å²) in [6.45, 7) is 10.6. The van der Waals surface area contributed by atoms with Gasteiger partial charge in [0.1, 0.15) is 5.75 Å². The third-order valence-electron chi connectivity index (χ3n) is 7.02. The zero-order chi connectivity index (χ0) is 25.9. The van der Waals surface area contributed by atoms with Gasteiger partial charge in [0.25, 0.3) is 0 Å². The number of likely N-dealkylation sites (tertiary alicyclic amines) is 1. The number of nitrogens with one attached hydrogen (secondary N) is 1. The number of nitrogens with zero attached hydrogens (tertiary/aromatic N) is 1. The van der Waals surface area contributed by atoms with Crippen LogP contribution in [0.5, 0.6) is 5.75 Å². The molecule has 2 aliphatic rings. The predicted octanol–water partition coefficient (Wildman–Crippen LogP) is 7.76. The van der Waals surface area contributed by atoms with Crippen LogP contribution in [-0.4, -0.2) is 42.4 Å². The highest BCUT2D eigenvalue weighted by molar-refractivity contribution is 5.51. The van der Waals surface area contributed by atoms with Crippen LogP contribution >= 0.6 is 0 Å². The molecule has 0 radical (unpaired) electrons. The van der Waals surface area contributed by atoms with Gasteiger partial charge in [-0.05, 0) is 71.7 Å². The van der Waals surface area contributed by atoms with Crippen molar-refractivity contribution in [1.29, 1.82) is 0 Å². The largest absolute Gasteiger partial charge is 0.508 e. The van der Waals surface area contributed by atoms with Crippen LogP contribution in [-0.2, 0) is 6.42 Å². The normalized spacial score (nSPS) is 19.0. The summed E-state index contributed by atoms with van der Waals surface area (Å²) in [6.07, 6.45) is 2.69. The minimum atomic E-state index is -0.232. The lowest BCUT2D eigenvalue weighted by Crippen LogP contribution is -2.54. The average molecular weight is 491 g/mol. The highest BCUT2D eigenvalue weighted by atomic mass is 19.1. The molecule has 0 bridgehead atoms. The Labute approximate surface area is 217 Å². The van der Waals surface area contributed by atoms with E-state index in [-0.39, 0.29) is 12.6 Å². The van der Waals surface area contributed by atoms with Gasteiger partial charge in [-0.2, -0.15) is 0 Å². The van der Waals surface area contributed by atoms with Crippen molar-refractivity contribution in [3.05, 3.63) is 95.1 Å². The average Bonchev–Trinajstić information content (AvgIpc) is 2.92. The first-order chi connectivity index (χ1) is 17.7. The Bertz CT molecular complexity index is 1030. The van der Waals surface area contributed by atoms with Crippen LogP contribution in [0.3, 0.4) is 0 Å². The molecule has 1 aliphatic carbocycles. The van der Waals surface area contributed by atoms with Crippen LogP contribution in [0.25, 0.3) is 0 Å². The second-order valence-electron chi connectivity index (χ2n) is 9.18. The number of aromatic hydroxyl groups is 1. The van der Waals surface area contributed by atoms with Crippen LogP contribution in [0.1, 0.15) is 74.6 Å². The van der Waals surface area contributed by atoms with Crippen molar-refractivity contribution in [2.45, 2.75) is 64.8 Å². The van der Waals surface area contributed by atoms with Crippen LogP contribution in [0.15, 0.2) is 72.8 Å². The van der Waals surface area contributed by atoms with Crippen LogP contribution < -0.4 is 5.32 Å². The van der Waals surface area contributed by atoms with Gasteiger partial charge < -0.3 is 10.4 Å². The number of halogens is 1. The summed E-state index contributed by atoms with van der Waals surface area (Å²) >= 11 is 0. The van der Waals surface area contributed by atoms with Crippen molar-refractivity contribution in [1.82, 2.24) is 4.90 Å². The summed E-state index contributed by atoms with van der Waals surface area (Å²) in [5, 5.41) is 13.6. The molecule has 3 aromatic carbocycles. The second-order valence-corrected chi connectivity index (χ2v) is 9.18. The maximum Gasteiger partial charge on any atom is 0.115 e. The highest BCUT2D eigenvalue weighted by Crippen LogP contribution is 2.47. The molecule has 0 spiro atoms. The summed E-state index contributed by atoms with van der Waals surface area (Å²) in [5.41, 5.74) is 6.41. The number of anilines is 1. The molecule has 0 saturated carbocycles. The number of aryl methyl sites for hydroxylation is 1. The molecule has 4 heteroatoms. The Morgan fingerprint density at radius 1 is 0.889 bits per heavy atom. The summed E-state index contributed by atoms with van der Waals surface area (Å²) in [7, 11) is 0. The first-order valence-corrected chi connectivity index (χ1v) is 13.7. The summed E-state index contributed by atoms with van der Waals surface area (Å²) in [5.74, 6) is 1.04. The Morgan fingerprint density at radius 3 is 2.25 bits per heavy atom. The van der Waals surface area contributed by atoms with Crippen molar-refractivity contribution in [3.63, 3.8) is 0 Å². The number of hydrogen-bond donors (Lipinski definition) is 2. The minimum Gasteiger partial charge on any atom is -0.508 e. The molecule has 3 nitrogen and oxygen atoms in total. The molecule has 3 aromatic rings. The van der Waals surface area contributed by atoms with Gasteiger partial charge in [0.15, 0.2) is 0 Å². The van der Waals surface area contributed by atoms with Gasteiger partial charge in [-0.25, -0.2) is 0 Å². The number of hydrogen-bond acceptors (Lipinski definition) is 3. The first-order valence-electron chi connectivity index (χ1n) is 13.7. The molecule has 0 aromatic heterocycles. The molecule has 2 atom stereocenters. The maximum atomic E-state index is 12.3. The molecule has 2 N–H and O–H groups in total. The van der Waals surface area contributed by atoms with Crippen molar-refractivity contribution in [2.24, 2.45) is 0 Å². The van der Waals surface area contributed by atoms with E-state index in [0.717, 1.165) is 38.2 Å². The Hall–Kier alpha value is -2.85. The number of alkyl halides is 1. The molecule has 0 unspecified atom stereocenters. The standard InChI is InChI=1S/C28H31FN2O.2C2H6/c29-15-4-16-31-18-24(19-31)30-23-10-7-21(8-11-23)28-26(20-5-2-1-3-6-20)13-9-22-17-25(32)12-14-27(22)28;2*1-2/h1-3,5-8,10-12,14,17,24,26,28,30,32H,4,9,13,15-16,18-19H2;2*1-2H3/t26-,28+;;/m0../s1. The predicted molar refractivity (Wildman–Crippen MR) is 151 cm³/mol. The zero-order valence-electron chi connectivity index (χ0n) is 22.4. The van der Waals surface area contributed by atoms with Crippen LogP contribution in [0, 0.1) is 0 Å². The molecule has 1 fully saturated rings. The van der Waals surface area contributed by atoms with Crippen LogP contribution in [0.4, 0.5) is 10.1 Å². The molecule has 194 valence electrons. The quantitative estimate of drug-likeness (QED) is 0.355. The number of phenols is 1. The lowest BCUT2D eigenvalue weighted by molar-refractivity contribution is 0.155.